The summed E-state index contributed by atoms with van der Waals surface area (Å²) < 4.78 is 2.13. The number of imidazole rings is 1. The van der Waals surface area contributed by atoms with E-state index in [-0.39, 0.29) is 17.0 Å². The Morgan fingerprint density at radius 1 is 1.31 bits per heavy atom. The summed E-state index contributed by atoms with van der Waals surface area (Å²) in [5, 5.41) is 0. The van der Waals surface area contributed by atoms with Gasteiger partial charge in [-0.15, -0.1) is 23.6 Å². The number of unbranched alkanes of at least 4 members (excludes halogenated alkanes) is 4. The molecule has 0 N–H and O–H groups in total. The third-order valence-electron chi connectivity index (χ3n) is 2.78. The molecule has 0 fully saturated rings. The molecular formula is C13H23BrN2. The first-order valence-electron chi connectivity index (χ1n) is 5.98. The zero-order valence-electron chi connectivity index (χ0n) is 10.1. The Morgan fingerprint density at radius 2 is 2.06 bits per heavy atom. The van der Waals surface area contributed by atoms with Crippen LogP contribution in [0, 0.1) is 0 Å². The maximum absolute atomic E-state index is 4.06. The standard InChI is InChI=1S/C13H22N2.BrH/c1-3-5-6-7-8-9-13(4-2)15-11-10-14-12-15;/h4,10-13H,2-3,5-9H2,1H3;1H. The average Bonchev–Trinajstić information content (AvgIpc) is 2.77. The summed E-state index contributed by atoms with van der Waals surface area (Å²) in [6, 6.07) is 0.425. The summed E-state index contributed by atoms with van der Waals surface area (Å²) in [4.78, 5) is 4.06. The fourth-order valence-electron chi connectivity index (χ4n) is 1.81. The van der Waals surface area contributed by atoms with Gasteiger partial charge in [-0.2, -0.15) is 0 Å². The minimum absolute atomic E-state index is 0. The summed E-state index contributed by atoms with van der Waals surface area (Å²) in [5.41, 5.74) is 0. The molecule has 0 aliphatic heterocycles. The quantitative estimate of drug-likeness (QED) is 0.506. The first kappa shape index (κ1) is 15.4. The van der Waals surface area contributed by atoms with Gasteiger partial charge in [-0.05, 0) is 6.42 Å². The van der Waals surface area contributed by atoms with Crippen LogP contribution in [0.3, 0.4) is 0 Å². The van der Waals surface area contributed by atoms with Crippen molar-refractivity contribution in [1.82, 2.24) is 9.55 Å². The lowest BCUT2D eigenvalue weighted by Gasteiger charge is -2.13. The van der Waals surface area contributed by atoms with E-state index in [2.05, 4.69) is 23.1 Å². The van der Waals surface area contributed by atoms with Crippen molar-refractivity contribution in [3.05, 3.63) is 31.4 Å². The molecule has 1 aromatic rings. The van der Waals surface area contributed by atoms with Crippen LogP contribution in [0.2, 0.25) is 0 Å². The van der Waals surface area contributed by atoms with Gasteiger partial charge in [0, 0.05) is 12.4 Å². The molecule has 1 rings (SSSR count). The Balaban J connectivity index is 0.00000225. The summed E-state index contributed by atoms with van der Waals surface area (Å²) in [7, 11) is 0. The van der Waals surface area contributed by atoms with Crippen molar-refractivity contribution in [2.75, 3.05) is 0 Å². The van der Waals surface area contributed by atoms with E-state index in [4.69, 9.17) is 0 Å². The van der Waals surface area contributed by atoms with E-state index in [0.29, 0.717) is 6.04 Å². The predicted octanol–water partition coefficient (Wildman–Crippen LogP) is 4.55. The second kappa shape index (κ2) is 9.64. The highest BCUT2D eigenvalue weighted by Gasteiger charge is 2.04. The molecule has 0 saturated heterocycles. The molecule has 2 nitrogen and oxygen atoms in total. The Bertz CT molecular complexity index is 257. The van der Waals surface area contributed by atoms with Gasteiger partial charge < -0.3 is 4.57 Å². The molecule has 0 aromatic carbocycles. The third kappa shape index (κ3) is 5.50. The normalized spacial score (nSPS) is 11.8. The van der Waals surface area contributed by atoms with Crippen molar-refractivity contribution in [1.29, 1.82) is 0 Å². The fraction of sp³-hybridized carbons (Fsp3) is 0.615. The lowest BCUT2D eigenvalue weighted by atomic mass is 10.1. The lowest BCUT2D eigenvalue weighted by molar-refractivity contribution is 0.507. The van der Waals surface area contributed by atoms with Crippen LogP contribution in [0.25, 0.3) is 0 Å². The SMILES string of the molecule is Br.C=CC(CCCCCCC)n1ccnc1. The molecule has 1 heterocycles. The first-order valence-corrected chi connectivity index (χ1v) is 5.98. The van der Waals surface area contributed by atoms with Crippen molar-refractivity contribution < 1.29 is 0 Å². The monoisotopic (exact) mass is 286 g/mol. The fourth-order valence-corrected chi connectivity index (χ4v) is 1.81. The zero-order valence-corrected chi connectivity index (χ0v) is 11.9. The molecule has 1 atom stereocenters. The first-order chi connectivity index (χ1) is 7.38. The van der Waals surface area contributed by atoms with Gasteiger partial charge >= 0.3 is 0 Å². The van der Waals surface area contributed by atoms with E-state index in [1.807, 2.05) is 24.8 Å². The molecule has 3 heteroatoms. The van der Waals surface area contributed by atoms with Crippen LogP contribution >= 0.6 is 17.0 Å². The molecule has 1 aromatic heterocycles. The van der Waals surface area contributed by atoms with Crippen LogP contribution < -0.4 is 0 Å². The highest BCUT2D eigenvalue weighted by molar-refractivity contribution is 8.93. The molecule has 0 amide bonds. The summed E-state index contributed by atoms with van der Waals surface area (Å²) >= 11 is 0. The average molecular weight is 287 g/mol. The Hall–Kier alpha value is -0.570. The molecule has 0 aliphatic carbocycles. The topological polar surface area (TPSA) is 17.8 Å². The molecule has 92 valence electrons. The summed E-state index contributed by atoms with van der Waals surface area (Å²) in [6.45, 7) is 6.13. The minimum atomic E-state index is 0. The van der Waals surface area contributed by atoms with Gasteiger partial charge in [0.25, 0.3) is 0 Å². The molecule has 0 aliphatic rings. The number of halogens is 1. The highest BCUT2D eigenvalue weighted by Crippen LogP contribution is 2.17. The number of nitrogens with zero attached hydrogens (tertiary/aromatic N) is 2. The second-order valence-electron chi connectivity index (χ2n) is 4.02. The molecular weight excluding hydrogens is 264 g/mol. The maximum Gasteiger partial charge on any atom is 0.0951 e. The van der Waals surface area contributed by atoms with Gasteiger partial charge in [-0.25, -0.2) is 4.98 Å². The van der Waals surface area contributed by atoms with Gasteiger partial charge in [0.05, 0.1) is 12.4 Å². The van der Waals surface area contributed by atoms with Gasteiger partial charge in [0.1, 0.15) is 0 Å². The molecule has 0 bridgehead atoms. The van der Waals surface area contributed by atoms with Crippen LogP contribution in [0.5, 0.6) is 0 Å². The van der Waals surface area contributed by atoms with Crippen molar-refractivity contribution >= 4 is 17.0 Å². The number of aromatic nitrogens is 2. The largest absolute Gasteiger partial charge is 0.331 e. The van der Waals surface area contributed by atoms with Crippen LogP contribution in [0.1, 0.15) is 51.5 Å². The predicted molar refractivity (Wildman–Crippen MR) is 75.2 cm³/mol. The number of hydrogen-bond donors (Lipinski definition) is 0. The smallest absolute Gasteiger partial charge is 0.0951 e. The van der Waals surface area contributed by atoms with Crippen LogP contribution in [0.15, 0.2) is 31.4 Å². The van der Waals surface area contributed by atoms with E-state index in [1.165, 1.54) is 38.5 Å². The number of hydrogen-bond acceptors (Lipinski definition) is 1. The summed E-state index contributed by atoms with van der Waals surface area (Å²) in [5.74, 6) is 0. The van der Waals surface area contributed by atoms with Crippen molar-refractivity contribution in [3.8, 4) is 0 Å². The minimum Gasteiger partial charge on any atom is -0.331 e. The van der Waals surface area contributed by atoms with Crippen molar-refractivity contribution in [3.63, 3.8) is 0 Å². The Kier molecular flexibility index (Phi) is 9.30. The van der Waals surface area contributed by atoms with Crippen LogP contribution in [0.4, 0.5) is 0 Å². The molecule has 16 heavy (non-hydrogen) atoms. The lowest BCUT2D eigenvalue weighted by Crippen LogP contribution is -2.03. The Morgan fingerprint density at radius 3 is 2.62 bits per heavy atom. The maximum atomic E-state index is 4.06. The number of allylic oxidation sites excluding steroid dienone is 1. The number of rotatable bonds is 8. The van der Waals surface area contributed by atoms with Gasteiger partial charge in [-0.1, -0.05) is 45.1 Å². The second-order valence-corrected chi connectivity index (χ2v) is 4.02. The van der Waals surface area contributed by atoms with Gasteiger partial charge in [-0.3, -0.25) is 0 Å². The van der Waals surface area contributed by atoms with Crippen molar-refractivity contribution in [2.45, 2.75) is 51.5 Å². The molecule has 0 spiro atoms. The van der Waals surface area contributed by atoms with Gasteiger partial charge in [0.15, 0.2) is 0 Å². The van der Waals surface area contributed by atoms with Crippen LogP contribution in [-0.4, -0.2) is 9.55 Å². The highest BCUT2D eigenvalue weighted by atomic mass is 79.9. The van der Waals surface area contributed by atoms with E-state index in [9.17, 15) is 0 Å². The third-order valence-corrected chi connectivity index (χ3v) is 2.78. The van der Waals surface area contributed by atoms with Crippen molar-refractivity contribution in [2.24, 2.45) is 0 Å². The molecule has 0 saturated carbocycles. The zero-order chi connectivity index (χ0) is 10.9. The van der Waals surface area contributed by atoms with Crippen LogP contribution in [-0.2, 0) is 0 Å². The van der Waals surface area contributed by atoms with E-state index in [1.54, 1.807) is 0 Å². The van der Waals surface area contributed by atoms with E-state index >= 15 is 0 Å². The summed E-state index contributed by atoms with van der Waals surface area (Å²) in [6.07, 6.45) is 15.6. The van der Waals surface area contributed by atoms with E-state index < -0.39 is 0 Å². The molecule has 0 radical (unpaired) electrons. The Labute approximate surface area is 110 Å². The van der Waals surface area contributed by atoms with E-state index in [0.717, 1.165) is 0 Å². The molecule has 1 unspecified atom stereocenters. The van der Waals surface area contributed by atoms with Gasteiger partial charge in [0.2, 0.25) is 0 Å².